The van der Waals surface area contributed by atoms with E-state index in [1.54, 1.807) is 11.3 Å². The van der Waals surface area contributed by atoms with Crippen molar-refractivity contribution >= 4 is 21.6 Å². The fourth-order valence-electron chi connectivity index (χ4n) is 3.92. The first kappa shape index (κ1) is 18.6. The summed E-state index contributed by atoms with van der Waals surface area (Å²) in [7, 11) is 0. The van der Waals surface area contributed by atoms with Crippen molar-refractivity contribution in [1.82, 2.24) is 14.8 Å². The highest BCUT2D eigenvalue weighted by atomic mass is 32.1. The molecular formula is C22H27N3OS. The van der Waals surface area contributed by atoms with E-state index < -0.39 is 0 Å². The zero-order valence-corrected chi connectivity index (χ0v) is 16.7. The molecule has 1 aromatic heterocycles. The molecule has 0 saturated carbocycles. The Kier molecular flexibility index (Phi) is 5.83. The van der Waals surface area contributed by atoms with Crippen LogP contribution in [-0.2, 0) is 13.1 Å². The second kappa shape index (κ2) is 8.48. The van der Waals surface area contributed by atoms with Crippen LogP contribution in [0.4, 0.5) is 0 Å². The van der Waals surface area contributed by atoms with Gasteiger partial charge < -0.3 is 5.11 Å². The number of hydrogen-bond acceptors (Lipinski definition) is 5. The van der Waals surface area contributed by atoms with Crippen LogP contribution in [0.25, 0.3) is 10.2 Å². The molecular weight excluding hydrogens is 354 g/mol. The number of aliphatic hydroxyl groups excluding tert-OH is 1. The normalized spacial score (nSPS) is 19.0. The van der Waals surface area contributed by atoms with Gasteiger partial charge in [0, 0.05) is 38.8 Å². The molecule has 1 unspecified atom stereocenters. The molecule has 0 radical (unpaired) electrons. The van der Waals surface area contributed by atoms with Crippen molar-refractivity contribution in [2.45, 2.75) is 32.5 Å². The summed E-state index contributed by atoms with van der Waals surface area (Å²) in [5, 5.41) is 10.8. The number of aryl methyl sites for hydroxylation is 1. The molecule has 1 fully saturated rings. The number of para-hydroxylation sites is 1. The van der Waals surface area contributed by atoms with Crippen LogP contribution in [-0.4, -0.2) is 52.2 Å². The van der Waals surface area contributed by atoms with Crippen LogP contribution in [0, 0.1) is 6.92 Å². The molecule has 0 bridgehead atoms. The highest BCUT2D eigenvalue weighted by molar-refractivity contribution is 7.18. The molecule has 2 aromatic carbocycles. The molecule has 142 valence electrons. The van der Waals surface area contributed by atoms with Crippen LogP contribution >= 0.6 is 11.3 Å². The third-order valence-corrected chi connectivity index (χ3v) is 6.50. The van der Waals surface area contributed by atoms with Gasteiger partial charge in [0.05, 0.1) is 16.8 Å². The van der Waals surface area contributed by atoms with Crippen molar-refractivity contribution < 1.29 is 5.11 Å². The molecule has 4 nitrogen and oxygen atoms in total. The molecule has 1 N–H and O–H groups in total. The van der Waals surface area contributed by atoms with Crippen molar-refractivity contribution in [2.75, 3.05) is 26.2 Å². The third-order valence-electron chi connectivity index (χ3n) is 5.48. The van der Waals surface area contributed by atoms with Gasteiger partial charge in [0.2, 0.25) is 0 Å². The zero-order chi connectivity index (χ0) is 18.6. The molecule has 2 heterocycles. The lowest BCUT2D eigenvalue weighted by Crippen LogP contribution is -2.52. The summed E-state index contributed by atoms with van der Waals surface area (Å²) >= 11 is 1.80. The monoisotopic (exact) mass is 381 g/mol. The zero-order valence-electron chi connectivity index (χ0n) is 15.8. The number of aliphatic hydroxyl groups is 1. The minimum absolute atomic E-state index is 0.240. The Morgan fingerprint density at radius 1 is 1.07 bits per heavy atom. The van der Waals surface area contributed by atoms with E-state index in [4.69, 9.17) is 4.98 Å². The lowest BCUT2D eigenvalue weighted by molar-refractivity contribution is 0.0498. The van der Waals surface area contributed by atoms with Crippen LogP contribution < -0.4 is 0 Å². The number of piperazine rings is 1. The maximum absolute atomic E-state index is 9.57. The van der Waals surface area contributed by atoms with Crippen molar-refractivity contribution in [1.29, 1.82) is 0 Å². The van der Waals surface area contributed by atoms with E-state index in [0.29, 0.717) is 6.04 Å². The summed E-state index contributed by atoms with van der Waals surface area (Å²) in [5.41, 5.74) is 3.83. The van der Waals surface area contributed by atoms with Crippen LogP contribution in [0.5, 0.6) is 0 Å². The number of rotatable bonds is 6. The van der Waals surface area contributed by atoms with Gasteiger partial charge in [-0.3, -0.25) is 9.80 Å². The molecule has 3 aromatic rings. The second-order valence-corrected chi connectivity index (χ2v) is 8.49. The minimum atomic E-state index is 0.240. The number of aromatic nitrogens is 1. The van der Waals surface area contributed by atoms with Crippen molar-refractivity contribution in [2.24, 2.45) is 0 Å². The van der Waals surface area contributed by atoms with Gasteiger partial charge in [-0.1, -0.05) is 36.4 Å². The Morgan fingerprint density at radius 2 is 1.89 bits per heavy atom. The molecule has 5 heteroatoms. The minimum Gasteiger partial charge on any atom is -0.396 e. The number of benzene rings is 2. The number of fused-ring (bicyclic) bond motifs is 1. The molecule has 27 heavy (non-hydrogen) atoms. The van der Waals surface area contributed by atoms with E-state index in [-0.39, 0.29) is 6.61 Å². The highest BCUT2D eigenvalue weighted by Gasteiger charge is 2.27. The first-order valence-electron chi connectivity index (χ1n) is 9.69. The Morgan fingerprint density at radius 3 is 2.70 bits per heavy atom. The van der Waals surface area contributed by atoms with Crippen LogP contribution in [0.1, 0.15) is 22.6 Å². The highest BCUT2D eigenvalue weighted by Crippen LogP contribution is 2.24. The number of nitrogens with zero attached hydrogens (tertiary/aromatic N) is 3. The molecule has 0 amide bonds. The fraction of sp³-hybridized carbons (Fsp3) is 0.409. The van der Waals surface area contributed by atoms with Crippen molar-refractivity contribution in [3.63, 3.8) is 0 Å². The summed E-state index contributed by atoms with van der Waals surface area (Å²) in [6.45, 7) is 7.35. The summed E-state index contributed by atoms with van der Waals surface area (Å²) in [6, 6.07) is 17.4. The molecule has 0 spiro atoms. The SMILES string of the molecule is Cc1ccccc1CN1CCN(Cc2nc3ccccc3s2)CC1CCO. The maximum Gasteiger partial charge on any atom is 0.108 e. The molecule has 4 rings (SSSR count). The average molecular weight is 382 g/mol. The van der Waals surface area contributed by atoms with E-state index in [9.17, 15) is 5.11 Å². The Hall–Kier alpha value is -1.79. The predicted molar refractivity (Wildman–Crippen MR) is 112 cm³/mol. The maximum atomic E-state index is 9.57. The van der Waals surface area contributed by atoms with E-state index >= 15 is 0 Å². The van der Waals surface area contributed by atoms with Gasteiger partial charge in [-0.2, -0.15) is 0 Å². The summed E-state index contributed by atoms with van der Waals surface area (Å²) in [4.78, 5) is 9.82. The predicted octanol–water partition coefficient (Wildman–Crippen LogP) is 3.67. The van der Waals surface area contributed by atoms with Gasteiger partial charge in [0.1, 0.15) is 5.01 Å². The smallest absolute Gasteiger partial charge is 0.108 e. The summed E-state index contributed by atoms with van der Waals surface area (Å²) in [5.74, 6) is 0. The summed E-state index contributed by atoms with van der Waals surface area (Å²) < 4.78 is 1.26. The Balaban J connectivity index is 1.43. The third kappa shape index (κ3) is 4.38. The lowest BCUT2D eigenvalue weighted by atomic mass is 10.0. The largest absolute Gasteiger partial charge is 0.396 e. The standard InChI is InChI=1S/C22H27N3OS/c1-17-6-2-3-7-18(17)14-25-12-11-24(15-19(25)10-13-26)16-22-23-20-8-4-5-9-21(20)27-22/h2-9,19,26H,10-16H2,1H3. The van der Waals surface area contributed by atoms with Gasteiger partial charge >= 0.3 is 0 Å². The molecule has 1 atom stereocenters. The Labute approximate surface area is 165 Å². The van der Waals surface area contributed by atoms with Gasteiger partial charge in [-0.05, 0) is 36.6 Å². The van der Waals surface area contributed by atoms with Crippen LogP contribution in [0.2, 0.25) is 0 Å². The average Bonchev–Trinajstić information content (AvgIpc) is 3.08. The topological polar surface area (TPSA) is 39.6 Å². The summed E-state index contributed by atoms with van der Waals surface area (Å²) in [6.07, 6.45) is 0.822. The first-order valence-corrected chi connectivity index (χ1v) is 10.5. The van der Waals surface area contributed by atoms with Gasteiger partial charge in [-0.15, -0.1) is 11.3 Å². The molecule has 1 saturated heterocycles. The van der Waals surface area contributed by atoms with Crippen molar-refractivity contribution in [3.8, 4) is 0 Å². The van der Waals surface area contributed by atoms with Crippen LogP contribution in [0.15, 0.2) is 48.5 Å². The lowest BCUT2D eigenvalue weighted by Gasteiger charge is -2.41. The molecule has 1 aliphatic rings. The Bertz CT molecular complexity index is 861. The van der Waals surface area contributed by atoms with Gasteiger partial charge in [0.15, 0.2) is 0 Å². The molecule has 0 aliphatic carbocycles. The quantitative estimate of drug-likeness (QED) is 0.707. The van der Waals surface area contributed by atoms with Crippen LogP contribution in [0.3, 0.4) is 0 Å². The van der Waals surface area contributed by atoms with Gasteiger partial charge in [-0.25, -0.2) is 4.98 Å². The van der Waals surface area contributed by atoms with E-state index in [1.165, 1.54) is 20.8 Å². The van der Waals surface area contributed by atoms with E-state index in [1.807, 2.05) is 6.07 Å². The second-order valence-electron chi connectivity index (χ2n) is 7.37. The van der Waals surface area contributed by atoms with Crippen molar-refractivity contribution in [3.05, 3.63) is 64.7 Å². The van der Waals surface area contributed by atoms with E-state index in [0.717, 1.165) is 44.7 Å². The number of hydrogen-bond donors (Lipinski definition) is 1. The molecule has 1 aliphatic heterocycles. The van der Waals surface area contributed by atoms with E-state index in [2.05, 4.69) is 59.2 Å². The fourth-order valence-corrected chi connectivity index (χ4v) is 4.93. The van der Waals surface area contributed by atoms with Gasteiger partial charge in [0.25, 0.3) is 0 Å². The number of thiazole rings is 1. The first-order chi connectivity index (χ1) is 13.2.